The molecular formula is C27H26N4O2. The molecule has 0 bridgehead atoms. The van der Waals surface area contributed by atoms with E-state index in [4.69, 9.17) is 4.98 Å². The minimum Gasteiger partial charge on any atom is -0.348 e. The molecule has 166 valence electrons. The second kappa shape index (κ2) is 8.90. The van der Waals surface area contributed by atoms with E-state index >= 15 is 0 Å². The van der Waals surface area contributed by atoms with Gasteiger partial charge in [-0.1, -0.05) is 60.2 Å². The van der Waals surface area contributed by atoms with Crippen LogP contribution in [-0.2, 0) is 6.54 Å². The lowest BCUT2D eigenvalue weighted by Crippen LogP contribution is -2.50. The zero-order valence-corrected chi connectivity index (χ0v) is 18.6. The van der Waals surface area contributed by atoms with E-state index in [9.17, 15) is 9.59 Å². The number of benzene rings is 3. The molecule has 0 atom stereocenters. The van der Waals surface area contributed by atoms with Gasteiger partial charge in [0.2, 0.25) is 0 Å². The number of nitrogens with zero attached hydrogens (tertiary/aromatic N) is 4. The second-order valence-corrected chi connectivity index (χ2v) is 8.45. The predicted octanol–water partition coefficient (Wildman–Crippen LogP) is 3.72. The Balaban J connectivity index is 1.42. The van der Waals surface area contributed by atoms with E-state index < -0.39 is 0 Å². The number of rotatable bonds is 4. The Morgan fingerprint density at radius 2 is 1.61 bits per heavy atom. The molecule has 2 heterocycles. The highest BCUT2D eigenvalue weighted by Gasteiger charge is 2.25. The van der Waals surface area contributed by atoms with Crippen molar-refractivity contribution in [2.45, 2.75) is 13.5 Å². The number of hydrogen-bond donors (Lipinski definition) is 0. The molecule has 0 N–H and O–H groups in total. The number of carbonyl (C=O) groups is 1. The summed E-state index contributed by atoms with van der Waals surface area (Å²) in [5, 5.41) is 0. The van der Waals surface area contributed by atoms with Crippen molar-refractivity contribution in [1.29, 1.82) is 0 Å². The number of aromatic nitrogens is 2. The van der Waals surface area contributed by atoms with Crippen molar-refractivity contribution in [1.82, 2.24) is 14.5 Å². The summed E-state index contributed by atoms with van der Waals surface area (Å²) in [5.41, 5.74) is 4.35. The molecule has 5 rings (SSSR count). The van der Waals surface area contributed by atoms with Crippen molar-refractivity contribution in [3.63, 3.8) is 0 Å². The lowest BCUT2D eigenvalue weighted by molar-refractivity contribution is 0.0746. The van der Waals surface area contributed by atoms with Crippen molar-refractivity contribution >= 4 is 22.8 Å². The number of aryl methyl sites for hydroxylation is 1. The molecule has 1 aliphatic rings. The molecule has 0 radical (unpaired) electrons. The van der Waals surface area contributed by atoms with Gasteiger partial charge in [-0.3, -0.25) is 14.2 Å². The quantitative estimate of drug-likeness (QED) is 0.487. The minimum atomic E-state index is -0.101. The monoisotopic (exact) mass is 438 g/mol. The lowest BCUT2D eigenvalue weighted by atomic mass is 10.1. The topological polar surface area (TPSA) is 58.4 Å². The van der Waals surface area contributed by atoms with E-state index in [-0.39, 0.29) is 11.5 Å². The van der Waals surface area contributed by atoms with Crippen LogP contribution in [0.5, 0.6) is 0 Å². The summed E-state index contributed by atoms with van der Waals surface area (Å²) in [7, 11) is 0. The fourth-order valence-electron chi connectivity index (χ4n) is 4.39. The van der Waals surface area contributed by atoms with Crippen molar-refractivity contribution < 1.29 is 4.79 Å². The van der Waals surface area contributed by atoms with Crippen LogP contribution in [-0.4, -0.2) is 46.5 Å². The average molecular weight is 439 g/mol. The Hall–Kier alpha value is -3.93. The van der Waals surface area contributed by atoms with Gasteiger partial charge in [0.05, 0.1) is 17.6 Å². The Labute approximate surface area is 192 Å². The third-order valence-corrected chi connectivity index (χ3v) is 6.15. The van der Waals surface area contributed by atoms with E-state index in [2.05, 4.69) is 0 Å². The van der Waals surface area contributed by atoms with Crippen LogP contribution in [0, 0.1) is 6.92 Å². The standard InChI is InChI=1S/C27H26N4O2/c1-20-8-7-11-22(18-20)26(32)30-16-14-29(15-17-30)25-27(33)31(19-21-9-3-2-4-10-21)24-13-6-5-12-23(24)28-25/h2-13,18H,14-17,19H2,1H3. The summed E-state index contributed by atoms with van der Waals surface area (Å²) in [4.78, 5) is 35.1. The van der Waals surface area contributed by atoms with Crippen LogP contribution >= 0.6 is 0 Å². The zero-order valence-electron chi connectivity index (χ0n) is 18.6. The molecule has 0 aliphatic carbocycles. The normalized spacial score (nSPS) is 14.0. The third-order valence-electron chi connectivity index (χ3n) is 6.15. The predicted molar refractivity (Wildman–Crippen MR) is 131 cm³/mol. The maximum absolute atomic E-state index is 13.5. The summed E-state index contributed by atoms with van der Waals surface area (Å²) < 4.78 is 1.80. The molecule has 3 aromatic carbocycles. The summed E-state index contributed by atoms with van der Waals surface area (Å²) in [6.07, 6.45) is 0. The summed E-state index contributed by atoms with van der Waals surface area (Å²) in [6.45, 7) is 4.73. The van der Waals surface area contributed by atoms with Crippen molar-refractivity contribution in [2.24, 2.45) is 0 Å². The van der Waals surface area contributed by atoms with Gasteiger partial charge >= 0.3 is 0 Å². The smallest absolute Gasteiger partial charge is 0.294 e. The van der Waals surface area contributed by atoms with Gasteiger partial charge < -0.3 is 9.80 Å². The van der Waals surface area contributed by atoms with Gasteiger partial charge in [-0.15, -0.1) is 0 Å². The van der Waals surface area contributed by atoms with Crippen LogP contribution in [0.15, 0.2) is 83.7 Å². The van der Waals surface area contributed by atoms with E-state index in [0.29, 0.717) is 44.1 Å². The molecular weight excluding hydrogens is 412 g/mol. The van der Waals surface area contributed by atoms with Crippen LogP contribution in [0.25, 0.3) is 11.0 Å². The van der Waals surface area contributed by atoms with E-state index in [1.165, 1.54) is 0 Å². The number of para-hydroxylation sites is 2. The molecule has 1 amide bonds. The zero-order chi connectivity index (χ0) is 22.8. The number of amides is 1. The fourth-order valence-corrected chi connectivity index (χ4v) is 4.39. The number of hydrogen-bond acceptors (Lipinski definition) is 4. The van der Waals surface area contributed by atoms with Crippen LogP contribution in [0.2, 0.25) is 0 Å². The highest BCUT2D eigenvalue weighted by Crippen LogP contribution is 2.18. The van der Waals surface area contributed by atoms with Crippen LogP contribution in [0.3, 0.4) is 0 Å². The van der Waals surface area contributed by atoms with E-state index in [1.54, 1.807) is 4.57 Å². The Morgan fingerprint density at radius 1 is 0.879 bits per heavy atom. The van der Waals surface area contributed by atoms with Gasteiger partial charge in [0, 0.05) is 31.7 Å². The first-order valence-electron chi connectivity index (χ1n) is 11.2. The van der Waals surface area contributed by atoms with E-state index in [0.717, 1.165) is 22.2 Å². The van der Waals surface area contributed by atoms with Crippen LogP contribution in [0.4, 0.5) is 5.82 Å². The molecule has 0 unspecified atom stereocenters. The maximum Gasteiger partial charge on any atom is 0.294 e. The molecule has 6 heteroatoms. The highest BCUT2D eigenvalue weighted by molar-refractivity contribution is 5.94. The maximum atomic E-state index is 13.5. The number of fused-ring (bicyclic) bond motifs is 1. The lowest BCUT2D eigenvalue weighted by Gasteiger charge is -2.35. The van der Waals surface area contributed by atoms with Crippen LogP contribution in [0.1, 0.15) is 21.5 Å². The molecule has 6 nitrogen and oxygen atoms in total. The van der Waals surface area contributed by atoms with Crippen molar-refractivity contribution in [2.75, 3.05) is 31.1 Å². The van der Waals surface area contributed by atoms with Crippen LogP contribution < -0.4 is 10.5 Å². The Morgan fingerprint density at radius 3 is 2.36 bits per heavy atom. The highest BCUT2D eigenvalue weighted by atomic mass is 16.2. The van der Waals surface area contributed by atoms with Gasteiger partial charge in [-0.2, -0.15) is 0 Å². The Bertz CT molecular complexity index is 1360. The number of carbonyl (C=O) groups excluding carboxylic acids is 1. The molecule has 0 spiro atoms. The largest absolute Gasteiger partial charge is 0.348 e. The molecule has 1 fully saturated rings. The second-order valence-electron chi connectivity index (χ2n) is 8.45. The first-order valence-corrected chi connectivity index (χ1v) is 11.2. The molecule has 4 aromatic rings. The fraction of sp³-hybridized carbons (Fsp3) is 0.222. The average Bonchev–Trinajstić information content (AvgIpc) is 2.86. The Kier molecular flexibility index (Phi) is 5.65. The van der Waals surface area contributed by atoms with Gasteiger partial charge in [0.15, 0.2) is 5.82 Å². The number of piperazine rings is 1. The van der Waals surface area contributed by atoms with Gasteiger partial charge in [0.1, 0.15) is 0 Å². The molecule has 33 heavy (non-hydrogen) atoms. The first kappa shape index (κ1) is 20.9. The summed E-state index contributed by atoms with van der Waals surface area (Å²) in [5.74, 6) is 0.485. The third kappa shape index (κ3) is 4.24. The van der Waals surface area contributed by atoms with Gasteiger partial charge in [0.25, 0.3) is 11.5 Å². The van der Waals surface area contributed by atoms with E-state index in [1.807, 2.05) is 95.6 Å². The van der Waals surface area contributed by atoms with Gasteiger partial charge in [-0.25, -0.2) is 4.98 Å². The SMILES string of the molecule is Cc1cccc(C(=O)N2CCN(c3nc4ccccc4n(Cc4ccccc4)c3=O)CC2)c1. The number of anilines is 1. The minimum absolute atomic E-state index is 0.0336. The molecule has 1 aromatic heterocycles. The molecule has 1 saturated heterocycles. The molecule has 0 saturated carbocycles. The molecule has 1 aliphatic heterocycles. The van der Waals surface area contributed by atoms with Crippen molar-refractivity contribution in [3.05, 3.63) is 106 Å². The van der Waals surface area contributed by atoms with Crippen molar-refractivity contribution in [3.8, 4) is 0 Å². The van der Waals surface area contributed by atoms with Gasteiger partial charge in [-0.05, 0) is 36.8 Å². The first-order chi connectivity index (χ1) is 16.1. The summed E-state index contributed by atoms with van der Waals surface area (Å²) >= 11 is 0. The summed E-state index contributed by atoms with van der Waals surface area (Å²) in [6, 6.07) is 25.4.